The predicted octanol–water partition coefficient (Wildman–Crippen LogP) is 3.43. The Morgan fingerprint density at radius 3 is 2.74 bits per heavy atom. The fourth-order valence-electron chi connectivity index (χ4n) is 4.60. The summed E-state index contributed by atoms with van der Waals surface area (Å²) in [4.78, 5) is 45.7. The Labute approximate surface area is 227 Å². The average Bonchev–Trinajstić information content (AvgIpc) is 3.44. The van der Waals surface area contributed by atoms with E-state index < -0.39 is 18.0 Å². The summed E-state index contributed by atoms with van der Waals surface area (Å²) in [5.41, 5.74) is 2.13. The zero-order valence-electron chi connectivity index (χ0n) is 21.2. The molecule has 1 aromatic heterocycles. The highest BCUT2D eigenvalue weighted by Crippen LogP contribution is 2.21. The van der Waals surface area contributed by atoms with Gasteiger partial charge in [-0.1, -0.05) is 41.9 Å². The van der Waals surface area contributed by atoms with Gasteiger partial charge in [0.05, 0.1) is 7.11 Å². The number of hydrogen-bond donors (Lipinski definition) is 2. The Hall–Kier alpha value is -3.91. The van der Waals surface area contributed by atoms with Gasteiger partial charge in [0.15, 0.2) is 0 Å². The number of rotatable bonds is 10. The van der Waals surface area contributed by atoms with Gasteiger partial charge >= 0.3 is 0 Å². The number of ether oxygens (including phenoxy) is 1. The quantitative estimate of drug-likeness (QED) is 0.415. The van der Waals surface area contributed by atoms with E-state index >= 15 is 0 Å². The minimum atomic E-state index is -0.866. The SMILES string of the molecule is COc1cccc(C(=O)N[C@@H](Cc2cccnc2)C(=O)N2CCC[C@H]2C(=O)NCCc2ccccc2Cl)c1. The number of hydrogen-bond acceptors (Lipinski definition) is 5. The number of carbonyl (C=O) groups excluding carboxylic acids is 3. The number of likely N-dealkylation sites (tertiary alicyclic amines) is 1. The first kappa shape index (κ1) is 27.1. The molecule has 0 aliphatic carbocycles. The molecule has 4 rings (SSSR count). The number of halogens is 1. The highest BCUT2D eigenvalue weighted by Gasteiger charge is 2.37. The van der Waals surface area contributed by atoms with Crippen molar-refractivity contribution in [1.29, 1.82) is 0 Å². The van der Waals surface area contributed by atoms with E-state index in [1.807, 2.05) is 30.3 Å². The number of aromatic nitrogens is 1. The van der Waals surface area contributed by atoms with Gasteiger partial charge in [-0.2, -0.15) is 0 Å². The lowest BCUT2D eigenvalue weighted by molar-refractivity contribution is -0.139. The Morgan fingerprint density at radius 1 is 1.13 bits per heavy atom. The normalized spacial score (nSPS) is 15.5. The molecule has 3 amide bonds. The molecule has 198 valence electrons. The third-order valence-electron chi connectivity index (χ3n) is 6.59. The second kappa shape index (κ2) is 13.1. The van der Waals surface area contributed by atoms with Crippen molar-refractivity contribution < 1.29 is 19.1 Å². The molecule has 0 radical (unpaired) electrons. The van der Waals surface area contributed by atoms with Crippen LogP contribution in [-0.4, -0.2) is 59.9 Å². The molecule has 1 saturated heterocycles. The van der Waals surface area contributed by atoms with Gasteiger partial charge in [0.2, 0.25) is 11.8 Å². The number of benzene rings is 2. The van der Waals surface area contributed by atoms with E-state index in [-0.39, 0.29) is 18.2 Å². The van der Waals surface area contributed by atoms with Crippen molar-refractivity contribution in [3.63, 3.8) is 0 Å². The second-order valence-corrected chi connectivity index (χ2v) is 9.55. The lowest BCUT2D eigenvalue weighted by atomic mass is 10.0. The zero-order valence-corrected chi connectivity index (χ0v) is 22.0. The summed E-state index contributed by atoms with van der Waals surface area (Å²) in [6.07, 6.45) is 5.43. The van der Waals surface area contributed by atoms with Gasteiger partial charge in [0.25, 0.3) is 5.91 Å². The van der Waals surface area contributed by atoms with Crippen LogP contribution < -0.4 is 15.4 Å². The molecule has 1 aliphatic heterocycles. The number of pyridine rings is 1. The molecule has 9 heteroatoms. The van der Waals surface area contributed by atoms with Crippen LogP contribution in [0.1, 0.15) is 34.3 Å². The minimum absolute atomic E-state index is 0.206. The average molecular weight is 535 g/mol. The Bertz CT molecular complexity index is 1270. The molecule has 1 fully saturated rings. The molecule has 0 saturated carbocycles. The van der Waals surface area contributed by atoms with Crippen LogP contribution in [0.3, 0.4) is 0 Å². The fraction of sp³-hybridized carbons (Fsp3) is 0.310. The molecule has 8 nitrogen and oxygen atoms in total. The molecule has 2 aromatic carbocycles. The fourth-order valence-corrected chi connectivity index (χ4v) is 4.83. The number of methoxy groups -OCH3 is 1. The van der Waals surface area contributed by atoms with Gasteiger partial charge in [-0.3, -0.25) is 19.4 Å². The third kappa shape index (κ3) is 6.89. The van der Waals surface area contributed by atoms with Crippen molar-refractivity contribution in [3.05, 3.63) is 94.8 Å². The highest BCUT2D eigenvalue weighted by atomic mass is 35.5. The zero-order chi connectivity index (χ0) is 26.9. The van der Waals surface area contributed by atoms with Gasteiger partial charge in [0.1, 0.15) is 17.8 Å². The maximum atomic E-state index is 13.8. The minimum Gasteiger partial charge on any atom is -0.497 e. The number of carbonyl (C=O) groups is 3. The molecule has 38 heavy (non-hydrogen) atoms. The maximum absolute atomic E-state index is 13.8. The van der Waals surface area contributed by atoms with Crippen molar-refractivity contribution in [3.8, 4) is 5.75 Å². The molecule has 2 N–H and O–H groups in total. The Balaban J connectivity index is 1.46. The van der Waals surface area contributed by atoms with Gasteiger partial charge in [0, 0.05) is 42.5 Å². The van der Waals surface area contributed by atoms with Gasteiger partial charge < -0.3 is 20.3 Å². The van der Waals surface area contributed by atoms with Gasteiger partial charge in [-0.05, 0) is 60.7 Å². The van der Waals surface area contributed by atoms with Crippen molar-refractivity contribution in [2.24, 2.45) is 0 Å². The molecule has 3 aromatic rings. The van der Waals surface area contributed by atoms with Crippen molar-refractivity contribution in [2.75, 3.05) is 20.2 Å². The first-order valence-electron chi connectivity index (χ1n) is 12.6. The van der Waals surface area contributed by atoms with E-state index in [9.17, 15) is 14.4 Å². The van der Waals surface area contributed by atoms with Crippen LogP contribution in [0.4, 0.5) is 0 Å². The van der Waals surface area contributed by atoms with E-state index in [4.69, 9.17) is 16.3 Å². The van der Waals surface area contributed by atoms with Crippen LogP contribution in [0.15, 0.2) is 73.1 Å². The molecule has 0 spiro atoms. The molecular formula is C29H31ClN4O4. The monoisotopic (exact) mass is 534 g/mol. The Kier molecular flexibility index (Phi) is 9.32. The van der Waals surface area contributed by atoms with Crippen LogP contribution in [0.25, 0.3) is 0 Å². The highest BCUT2D eigenvalue weighted by molar-refractivity contribution is 6.31. The maximum Gasteiger partial charge on any atom is 0.252 e. The molecule has 1 aliphatic rings. The van der Waals surface area contributed by atoms with E-state index in [0.717, 1.165) is 11.1 Å². The van der Waals surface area contributed by atoms with E-state index in [2.05, 4.69) is 15.6 Å². The molecule has 2 atom stereocenters. The topological polar surface area (TPSA) is 101 Å². The number of nitrogens with one attached hydrogen (secondary N) is 2. The smallest absolute Gasteiger partial charge is 0.252 e. The number of amides is 3. The van der Waals surface area contributed by atoms with Crippen LogP contribution in [0, 0.1) is 0 Å². The predicted molar refractivity (Wildman–Crippen MR) is 145 cm³/mol. The molecule has 0 bridgehead atoms. The number of nitrogens with zero attached hydrogens (tertiary/aromatic N) is 2. The first-order chi connectivity index (χ1) is 18.5. The van der Waals surface area contributed by atoms with E-state index in [0.29, 0.717) is 48.7 Å². The van der Waals surface area contributed by atoms with Crippen molar-refractivity contribution in [1.82, 2.24) is 20.5 Å². The summed E-state index contributed by atoms with van der Waals surface area (Å²) in [7, 11) is 1.53. The second-order valence-electron chi connectivity index (χ2n) is 9.15. The van der Waals surface area contributed by atoms with Crippen molar-refractivity contribution >= 4 is 29.3 Å². The molecular weight excluding hydrogens is 504 g/mol. The largest absolute Gasteiger partial charge is 0.497 e. The van der Waals surface area contributed by atoms with Crippen molar-refractivity contribution in [2.45, 2.75) is 37.8 Å². The summed E-state index contributed by atoms with van der Waals surface area (Å²) in [6, 6.07) is 16.4. The summed E-state index contributed by atoms with van der Waals surface area (Å²) in [6.45, 7) is 0.854. The van der Waals surface area contributed by atoms with E-state index in [1.165, 1.54) is 7.11 Å². The molecule has 0 unspecified atom stereocenters. The van der Waals surface area contributed by atoms with Crippen LogP contribution in [0.5, 0.6) is 5.75 Å². The summed E-state index contributed by atoms with van der Waals surface area (Å²) < 4.78 is 5.23. The molecule has 2 heterocycles. The van der Waals surface area contributed by atoms with E-state index in [1.54, 1.807) is 47.6 Å². The van der Waals surface area contributed by atoms with Gasteiger partial charge in [-0.15, -0.1) is 0 Å². The first-order valence-corrected chi connectivity index (χ1v) is 13.0. The van der Waals surface area contributed by atoms with Crippen LogP contribution in [0.2, 0.25) is 5.02 Å². The lowest BCUT2D eigenvalue weighted by Gasteiger charge is -2.29. The Morgan fingerprint density at radius 2 is 1.97 bits per heavy atom. The summed E-state index contributed by atoms with van der Waals surface area (Å²) >= 11 is 6.22. The standard InChI is InChI=1S/C29H31ClN4O4/c1-38-23-10-4-9-22(18-23)27(35)33-25(17-20-7-5-14-31-19-20)29(37)34-16-6-12-26(34)28(36)32-15-13-21-8-2-3-11-24(21)30/h2-5,7-11,14,18-19,25-26H,6,12-13,15-17H2,1H3,(H,32,36)(H,33,35)/t25-,26-/m0/s1. The summed E-state index contributed by atoms with van der Waals surface area (Å²) in [5, 5.41) is 6.49. The van der Waals surface area contributed by atoms with Crippen LogP contribution >= 0.6 is 11.6 Å². The third-order valence-corrected chi connectivity index (χ3v) is 6.96. The van der Waals surface area contributed by atoms with Gasteiger partial charge in [-0.25, -0.2) is 0 Å². The summed E-state index contributed by atoms with van der Waals surface area (Å²) in [5.74, 6) is -0.358. The van der Waals surface area contributed by atoms with Crippen LogP contribution in [-0.2, 0) is 22.4 Å². The lowest BCUT2D eigenvalue weighted by Crippen LogP contribution is -2.54.